The van der Waals surface area contributed by atoms with Gasteiger partial charge in [-0.2, -0.15) is 0 Å². The summed E-state index contributed by atoms with van der Waals surface area (Å²) in [6.07, 6.45) is 6.75. The number of phenols is 2. The Hall–Kier alpha value is -6.40. The molecular weight excluding hydrogens is 793 g/mol. The van der Waals surface area contributed by atoms with E-state index in [-0.39, 0.29) is 33.2 Å². The van der Waals surface area contributed by atoms with Crippen LogP contribution < -0.4 is 11.1 Å². The molecule has 0 spiro atoms. The van der Waals surface area contributed by atoms with Crippen molar-refractivity contribution in [2.24, 2.45) is 0 Å². The molecule has 1 atom stereocenters. The van der Waals surface area contributed by atoms with Crippen LogP contribution in [-0.4, -0.2) is 36.4 Å². The van der Waals surface area contributed by atoms with Crippen LogP contribution in [0.25, 0.3) is 21.8 Å². The molecule has 0 aliphatic carbocycles. The highest BCUT2D eigenvalue weighted by atomic mass is 35.5. The Kier molecular flexibility index (Phi) is 14.6. The maximum absolute atomic E-state index is 14.4. The fourth-order valence-electron chi connectivity index (χ4n) is 5.19. The lowest BCUT2D eigenvalue weighted by Gasteiger charge is -2.22. The lowest BCUT2D eigenvalue weighted by molar-refractivity contribution is 0.112. The van der Waals surface area contributed by atoms with Crippen molar-refractivity contribution in [1.29, 1.82) is 0 Å². The van der Waals surface area contributed by atoms with E-state index in [0.717, 1.165) is 34.3 Å². The first-order valence-electron chi connectivity index (χ1n) is 16.9. The Morgan fingerprint density at radius 2 is 1.28 bits per heavy atom. The van der Waals surface area contributed by atoms with Gasteiger partial charge in [-0.3, -0.25) is 14.8 Å². The fourth-order valence-corrected chi connectivity index (χ4v) is 5.61. The van der Waals surface area contributed by atoms with Crippen LogP contribution >= 0.6 is 34.8 Å². The third-order valence-corrected chi connectivity index (χ3v) is 8.71. The van der Waals surface area contributed by atoms with Crippen LogP contribution in [0.1, 0.15) is 33.1 Å². The number of halogens is 5. The largest absolute Gasteiger partial charge is 0.506 e. The first kappa shape index (κ1) is 41.8. The number of nitrogens with two attached hydrogens (primary N) is 1. The van der Waals surface area contributed by atoms with Crippen LogP contribution in [0.4, 0.5) is 20.4 Å². The molecule has 8 aromatic rings. The first-order chi connectivity index (χ1) is 27.4. The van der Waals surface area contributed by atoms with Crippen LogP contribution in [0.5, 0.6) is 11.5 Å². The predicted molar refractivity (Wildman–Crippen MR) is 223 cm³/mol. The van der Waals surface area contributed by atoms with Crippen molar-refractivity contribution < 1.29 is 23.8 Å². The second kappa shape index (κ2) is 20.0. The highest BCUT2D eigenvalue weighted by Gasteiger charge is 2.22. The van der Waals surface area contributed by atoms with Gasteiger partial charge in [-0.05, 0) is 55.0 Å². The molecule has 0 fully saturated rings. The summed E-state index contributed by atoms with van der Waals surface area (Å²) in [4.78, 5) is 25.9. The van der Waals surface area contributed by atoms with Gasteiger partial charge in [-0.25, -0.2) is 18.7 Å². The third kappa shape index (κ3) is 11.6. The van der Waals surface area contributed by atoms with E-state index in [4.69, 9.17) is 40.5 Å². The number of para-hydroxylation sites is 1. The molecule has 0 amide bonds. The van der Waals surface area contributed by atoms with E-state index in [2.05, 4.69) is 25.3 Å². The number of benzene rings is 4. The van der Waals surface area contributed by atoms with E-state index in [1.165, 1.54) is 18.5 Å². The zero-order chi connectivity index (χ0) is 40.9. The number of aryl methyl sites for hydroxylation is 1. The number of aromatic hydroxyl groups is 2. The summed E-state index contributed by atoms with van der Waals surface area (Å²) in [5.74, 6) is -0.936. The summed E-state index contributed by atoms with van der Waals surface area (Å²) in [7, 11) is 0. The number of pyridine rings is 4. The number of aldehydes is 1. The van der Waals surface area contributed by atoms with Gasteiger partial charge in [-0.1, -0.05) is 113 Å². The van der Waals surface area contributed by atoms with Gasteiger partial charge in [0, 0.05) is 51.7 Å². The van der Waals surface area contributed by atoms with Crippen LogP contribution in [0.3, 0.4) is 0 Å². The molecule has 4 heterocycles. The molecule has 0 bridgehead atoms. The van der Waals surface area contributed by atoms with Gasteiger partial charge in [0.25, 0.3) is 0 Å². The van der Waals surface area contributed by atoms with Crippen molar-refractivity contribution in [2.75, 3.05) is 11.1 Å². The molecule has 0 saturated carbocycles. The van der Waals surface area contributed by atoms with Crippen molar-refractivity contribution >= 4 is 74.5 Å². The Labute approximate surface area is 341 Å². The fraction of sp³-hybridized carbons (Fsp3) is 0.0465. The minimum absolute atomic E-state index is 0.0468. The number of nitrogens with zero attached hydrogens (tertiary/aromatic N) is 4. The molecule has 57 heavy (non-hydrogen) atoms. The number of carbonyl (C=O) groups is 1. The minimum atomic E-state index is -0.581. The van der Waals surface area contributed by atoms with E-state index >= 15 is 0 Å². The van der Waals surface area contributed by atoms with Gasteiger partial charge in [0.1, 0.15) is 28.8 Å². The van der Waals surface area contributed by atoms with Crippen LogP contribution in [0, 0.1) is 18.6 Å². The number of hydrogen-bond donors (Lipinski definition) is 4. The van der Waals surface area contributed by atoms with Crippen LogP contribution in [0.15, 0.2) is 140 Å². The quantitative estimate of drug-likeness (QED) is 0.125. The zero-order valence-electron chi connectivity index (χ0n) is 30.0. The average Bonchev–Trinajstić information content (AvgIpc) is 3.21. The maximum Gasteiger partial charge on any atom is 0.166 e. The highest BCUT2D eigenvalue weighted by molar-refractivity contribution is 6.31. The summed E-state index contributed by atoms with van der Waals surface area (Å²) in [6, 6.07) is 32.8. The summed E-state index contributed by atoms with van der Waals surface area (Å²) < 4.78 is 26.7. The second-order valence-corrected chi connectivity index (χ2v) is 13.4. The summed E-state index contributed by atoms with van der Waals surface area (Å²) >= 11 is 16.7. The molecule has 4 aromatic heterocycles. The van der Waals surface area contributed by atoms with Crippen LogP contribution in [0.2, 0.25) is 15.1 Å². The molecule has 0 aliphatic heterocycles. The first-order valence-corrected chi connectivity index (χ1v) is 18.1. The Morgan fingerprint density at radius 3 is 1.88 bits per heavy atom. The molecule has 5 N–H and O–H groups in total. The summed E-state index contributed by atoms with van der Waals surface area (Å²) in [6.45, 7) is 1.99. The van der Waals surface area contributed by atoms with Crippen molar-refractivity contribution in [2.45, 2.75) is 13.0 Å². The lowest BCUT2D eigenvalue weighted by atomic mass is 9.95. The van der Waals surface area contributed by atoms with E-state index in [0.29, 0.717) is 27.2 Å². The molecule has 288 valence electrons. The number of nitrogens with one attached hydrogen (secondary N) is 1. The van der Waals surface area contributed by atoms with Crippen molar-refractivity contribution in [3.05, 3.63) is 189 Å². The van der Waals surface area contributed by atoms with Crippen molar-refractivity contribution in [1.82, 2.24) is 19.9 Å². The molecule has 14 heteroatoms. The molecule has 0 aliphatic rings. The Bertz CT molecular complexity index is 2600. The average molecular weight is 826 g/mol. The highest BCUT2D eigenvalue weighted by Crippen LogP contribution is 2.37. The smallest absolute Gasteiger partial charge is 0.166 e. The van der Waals surface area contributed by atoms with Gasteiger partial charge in [-0.15, -0.1) is 0 Å². The van der Waals surface area contributed by atoms with Crippen LogP contribution in [-0.2, 0) is 0 Å². The van der Waals surface area contributed by atoms with Gasteiger partial charge in [0.05, 0.1) is 16.1 Å². The van der Waals surface area contributed by atoms with Gasteiger partial charge in [0.2, 0.25) is 0 Å². The lowest BCUT2D eigenvalue weighted by Crippen LogP contribution is -2.15. The summed E-state index contributed by atoms with van der Waals surface area (Å²) in [5.41, 5.74) is 9.38. The topological polar surface area (TPSA) is 147 Å². The Morgan fingerprint density at radius 1 is 0.684 bits per heavy atom. The molecule has 1 unspecified atom stereocenters. The predicted octanol–water partition coefficient (Wildman–Crippen LogP) is 11.2. The van der Waals surface area contributed by atoms with Crippen molar-refractivity contribution in [3.63, 3.8) is 0 Å². The van der Waals surface area contributed by atoms with E-state index in [1.54, 1.807) is 48.8 Å². The third-order valence-electron chi connectivity index (χ3n) is 8.04. The molecular formula is C43H33Cl3F2N6O3. The number of hydrogen-bond acceptors (Lipinski definition) is 9. The van der Waals surface area contributed by atoms with Gasteiger partial charge >= 0.3 is 0 Å². The van der Waals surface area contributed by atoms with Gasteiger partial charge < -0.3 is 21.3 Å². The number of phenolic OH excluding ortho intramolecular Hbond substituents is 2. The Balaban J connectivity index is 0.000000173. The van der Waals surface area contributed by atoms with E-state index in [1.807, 2.05) is 73.7 Å². The number of rotatable bonds is 5. The summed E-state index contributed by atoms with van der Waals surface area (Å²) in [5, 5.41) is 26.2. The second-order valence-electron chi connectivity index (χ2n) is 12.1. The van der Waals surface area contributed by atoms with Gasteiger partial charge in [0.15, 0.2) is 23.3 Å². The standard InChI is InChI=1S/C22H17ClFN3O.C9H7NO.C7H5ClO.C5H4ClFN2/c1-13-4-6-15(7-5-13)19(27-22-18(24)11-16(23)12-26-22)17-9-8-14-3-2-10-25-20(14)21(17)28;11-8-5-1-3-7-4-2-6-10-9(7)8;8-7-3-1-6(5-9)2-4-7;6-3-1-4(7)5(8)9-2-3/h2-12,19,28H,1H3,(H,26,27);1-6,11H;1-5H;1-2H,(H2,8,9). The normalized spacial score (nSPS) is 10.8. The SMILES string of the molecule is Cc1ccc(C(Nc2ncc(Cl)cc2F)c2ccc3cccnc3c2O)cc1.Nc1ncc(Cl)cc1F.O=Cc1ccc(Cl)cc1.Oc1cccc2cccnc12. The van der Waals surface area contributed by atoms with Crippen molar-refractivity contribution in [3.8, 4) is 11.5 Å². The number of fused-ring (bicyclic) bond motifs is 2. The molecule has 0 saturated heterocycles. The number of nitrogen functional groups attached to an aromatic ring is 1. The van der Waals surface area contributed by atoms with E-state index in [9.17, 15) is 23.8 Å². The molecule has 4 aromatic carbocycles. The number of carbonyl (C=O) groups excluding carboxylic acids is 1. The monoisotopic (exact) mass is 824 g/mol. The molecule has 9 nitrogen and oxygen atoms in total. The minimum Gasteiger partial charge on any atom is -0.506 e. The molecule has 0 radical (unpaired) electrons. The maximum atomic E-state index is 14.4. The zero-order valence-corrected chi connectivity index (χ0v) is 32.3. The number of aromatic nitrogens is 4. The van der Waals surface area contributed by atoms with E-state index < -0.39 is 17.7 Å². The number of anilines is 2. The molecule has 8 rings (SSSR count).